The molecule has 0 spiro atoms. The molecule has 3 rings (SSSR count). The number of phenolic OH excluding ortho intramolecular Hbond substituents is 1. The summed E-state index contributed by atoms with van der Waals surface area (Å²) >= 11 is 9.24. The summed E-state index contributed by atoms with van der Waals surface area (Å²) in [6, 6.07) is 14.1. The van der Waals surface area contributed by atoms with Gasteiger partial charge in [0.1, 0.15) is 11.4 Å². The number of phenols is 1. The highest BCUT2D eigenvalue weighted by molar-refractivity contribution is 9.10. The highest BCUT2D eigenvalue weighted by Gasteiger charge is 2.07. The normalized spacial score (nSPS) is 11.7. The molecule has 0 radical (unpaired) electrons. The van der Waals surface area contributed by atoms with E-state index in [0.29, 0.717) is 32.4 Å². The molecule has 2 aromatic heterocycles. The molecule has 1 aromatic carbocycles. The van der Waals surface area contributed by atoms with E-state index in [1.165, 1.54) is 6.21 Å². The molecule has 0 fully saturated rings. The molecule has 2 N–H and O–H groups in total. The van der Waals surface area contributed by atoms with E-state index in [-0.39, 0.29) is 5.75 Å². The highest BCUT2D eigenvalue weighted by atomic mass is 79.9. The first-order chi connectivity index (χ1) is 12.6. The molecule has 6 nitrogen and oxygen atoms in total. The number of hydrogen-bond donors (Lipinski definition) is 2. The number of amidine groups is 1. The number of aliphatic imine (C=N–C) groups is 1. The van der Waals surface area contributed by atoms with Crippen molar-refractivity contribution in [2.75, 3.05) is 0 Å². The van der Waals surface area contributed by atoms with Crippen LogP contribution >= 0.6 is 27.5 Å². The second-order valence-corrected chi connectivity index (χ2v) is 6.35. The van der Waals surface area contributed by atoms with Crippen molar-refractivity contribution >= 4 is 45.4 Å². The van der Waals surface area contributed by atoms with Gasteiger partial charge in [-0.2, -0.15) is 5.10 Å². The fourth-order valence-electron chi connectivity index (χ4n) is 2.02. The van der Waals surface area contributed by atoms with Crippen LogP contribution in [0.15, 0.2) is 75.5 Å². The third-order valence-corrected chi connectivity index (χ3v) is 4.04. The average molecular weight is 431 g/mol. The molecular formula is C18H13BrClN5O. The van der Waals surface area contributed by atoms with E-state index in [1.807, 2.05) is 24.3 Å². The lowest BCUT2D eigenvalue weighted by molar-refractivity contribution is 0.471. The number of aromatic nitrogens is 2. The Hall–Kier alpha value is -2.77. The lowest BCUT2D eigenvalue weighted by Gasteiger charge is -2.06. The van der Waals surface area contributed by atoms with Crippen molar-refractivity contribution in [3.05, 3.63) is 81.7 Å². The number of rotatable bonds is 4. The number of nitrogens with zero attached hydrogens (tertiary/aromatic N) is 4. The van der Waals surface area contributed by atoms with Gasteiger partial charge in [0.25, 0.3) is 0 Å². The summed E-state index contributed by atoms with van der Waals surface area (Å²) in [4.78, 5) is 12.9. The first-order valence-corrected chi connectivity index (χ1v) is 8.69. The second-order valence-electron chi connectivity index (χ2n) is 5.06. The van der Waals surface area contributed by atoms with E-state index in [0.717, 1.165) is 0 Å². The molecule has 0 saturated heterocycles. The standard InChI is InChI=1S/C18H13BrClN5O/c19-14-10-13(20)9-12(17(14)26)11-23-25-18(15-5-1-3-7-21-15)24-16-6-2-4-8-22-16/h1-11,26H,(H,22,24,25)/b23-11+. The topological polar surface area (TPSA) is 82.8 Å². The smallest absolute Gasteiger partial charge is 0.174 e. The maximum atomic E-state index is 10.1. The van der Waals surface area contributed by atoms with Gasteiger partial charge >= 0.3 is 0 Å². The Balaban J connectivity index is 1.89. The molecule has 3 aromatic rings. The molecule has 0 bridgehead atoms. The maximum absolute atomic E-state index is 10.1. The average Bonchev–Trinajstić information content (AvgIpc) is 2.66. The van der Waals surface area contributed by atoms with Gasteiger partial charge in [0.15, 0.2) is 11.7 Å². The van der Waals surface area contributed by atoms with Crippen molar-refractivity contribution in [2.24, 2.45) is 10.1 Å². The van der Waals surface area contributed by atoms with E-state index in [9.17, 15) is 5.11 Å². The first-order valence-electron chi connectivity index (χ1n) is 7.51. The van der Waals surface area contributed by atoms with Gasteiger partial charge in [-0.3, -0.25) is 10.4 Å². The Morgan fingerprint density at radius 3 is 2.58 bits per heavy atom. The predicted octanol–water partition coefficient (Wildman–Crippen LogP) is 4.30. The summed E-state index contributed by atoms with van der Waals surface area (Å²) in [5, 5.41) is 14.7. The van der Waals surface area contributed by atoms with Crippen molar-refractivity contribution in [1.82, 2.24) is 15.4 Å². The number of benzene rings is 1. The zero-order valence-electron chi connectivity index (χ0n) is 13.3. The lowest BCUT2D eigenvalue weighted by atomic mass is 10.2. The van der Waals surface area contributed by atoms with Gasteiger partial charge in [-0.05, 0) is 52.3 Å². The van der Waals surface area contributed by atoms with Crippen LogP contribution in [0, 0.1) is 0 Å². The van der Waals surface area contributed by atoms with Crippen LogP contribution in [0.1, 0.15) is 11.3 Å². The Bertz CT molecular complexity index is 949. The number of pyridine rings is 2. The molecule has 2 heterocycles. The van der Waals surface area contributed by atoms with Gasteiger partial charge in [0, 0.05) is 23.0 Å². The quantitative estimate of drug-likeness (QED) is 0.367. The van der Waals surface area contributed by atoms with Crippen molar-refractivity contribution < 1.29 is 5.11 Å². The monoisotopic (exact) mass is 429 g/mol. The van der Waals surface area contributed by atoms with E-state index >= 15 is 0 Å². The summed E-state index contributed by atoms with van der Waals surface area (Å²) in [6.07, 6.45) is 4.76. The van der Waals surface area contributed by atoms with Gasteiger partial charge < -0.3 is 5.11 Å². The summed E-state index contributed by atoms with van der Waals surface area (Å²) in [5.74, 6) is 0.978. The molecular weight excluding hydrogens is 418 g/mol. The molecule has 0 aliphatic rings. The van der Waals surface area contributed by atoms with E-state index in [1.54, 1.807) is 36.7 Å². The van der Waals surface area contributed by atoms with Gasteiger partial charge in [0.05, 0.1) is 10.7 Å². The number of hydrogen-bond acceptors (Lipinski definition) is 5. The number of aromatic hydroxyl groups is 1. The predicted molar refractivity (Wildman–Crippen MR) is 106 cm³/mol. The molecule has 0 amide bonds. The number of nitrogens with one attached hydrogen (secondary N) is 1. The van der Waals surface area contributed by atoms with Crippen LogP contribution in [0.2, 0.25) is 5.02 Å². The third kappa shape index (κ3) is 4.65. The summed E-state index contributed by atoms with van der Waals surface area (Å²) < 4.78 is 0.485. The largest absolute Gasteiger partial charge is 0.506 e. The van der Waals surface area contributed by atoms with Gasteiger partial charge in [-0.15, -0.1) is 0 Å². The Labute approximate surface area is 163 Å². The molecule has 0 saturated carbocycles. The SMILES string of the molecule is Oc1c(Br)cc(Cl)cc1/C=N/NC(=Nc1ccccn1)c1ccccn1. The lowest BCUT2D eigenvalue weighted by Crippen LogP contribution is -2.20. The zero-order chi connectivity index (χ0) is 18.4. The first kappa shape index (κ1) is 18.0. The van der Waals surface area contributed by atoms with Gasteiger partial charge in [0.2, 0.25) is 0 Å². The van der Waals surface area contributed by atoms with Crippen molar-refractivity contribution in [3.8, 4) is 5.75 Å². The fourth-order valence-corrected chi connectivity index (χ4v) is 2.86. The van der Waals surface area contributed by atoms with Crippen LogP contribution in [0.3, 0.4) is 0 Å². The molecule has 0 unspecified atom stereocenters. The van der Waals surface area contributed by atoms with Crippen molar-refractivity contribution in [3.63, 3.8) is 0 Å². The van der Waals surface area contributed by atoms with Crippen LogP contribution < -0.4 is 5.43 Å². The van der Waals surface area contributed by atoms with Gasteiger partial charge in [-0.1, -0.05) is 23.7 Å². The minimum Gasteiger partial charge on any atom is -0.506 e. The fraction of sp³-hybridized carbons (Fsp3) is 0. The van der Waals surface area contributed by atoms with Crippen LogP contribution in [0.25, 0.3) is 0 Å². The van der Waals surface area contributed by atoms with Gasteiger partial charge in [-0.25, -0.2) is 9.98 Å². The Kier molecular flexibility index (Phi) is 5.93. The minimum absolute atomic E-state index is 0.0426. The van der Waals surface area contributed by atoms with E-state index in [4.69, 9.17) is 11.6 Å². The number of hydrazone groups is 1. The van der Waals surface area contributed by atoms with Crippen LogP contribution in [0.5, 0.6) is 5.75 Å². The molecule has 0 atom stereocenters. The Morgan fingerprint density at radius 1 is 1.12 bits per heavy atom. The van der Waals surface area contributed by atoms with Crippen LogP contribution in [-0.4, -0.2) is 27.1 Å². The Morgan fingerprint density at radius 2 is 1.88 bits per heavy atom. The molecule has 130 valence electrons. The minimum atomic E-state index is 0.0426. The third-order valence-electron chi connectivity index (χ3n) is 3.21. The summed E-state index contributed by atoms with van der Waals surface area (Å²) in [6.45, 7) is 0. The van der Waals surface area contributed by atoms with Crippen molar-refractivity contribution in [1.29, 1.82) is 0 Å². The van der Waals surface area contributed by atoms with Crippen molar-refractivity contribution in [2.45, 2.75) is 0 Å². The number of halogens is 2. The molecule has 8 heteroatoms. The summed E-state index contributed by atoms with van der Waals surface area (Å²) in [7, 11) is 0. The van der Waals surface area contributed by atoms with Crippen LogP contribution in [-0.2, 0) is 0 Å². The molecule has 26 heavy (non-hydrogen) atoms. The van der Waals surface area contributed by atoms with E-state index < -0.39 is 0 Å². The highest BCUT2D eigenvalue weighted by Crippen LogP contribution is 2.30. The summed E-state index contributed by atoms with van der Waals surface area (Å²) in [5.41, 5.74) is 3.90. The second kappa shape index (κ2) is 8.55. The molecule has 0 aliphatic heterocycles. The maximum Gasteiger partial charge on any atom is 0.174 e. The zero-order valence-corrected chi connectivity index (χ0v) is 15.7. The van der Waals surface area contributed by atoms with E-state index in [2.05, 4.69) is 41.4 Å². The van der Waals surface area contributed by atoms with Crippen LogP contribution in [0.4, 0.5) is 5.82 Å². The molecule has 0 aliphatic carbocycles.